The molecule has 0 amide bonds. The fraction of sp³-hybridized carbons (Fsp3) is 0.927. The predicted molar refractivity (Wildman–Crippen MR) is 196 cm³/mol. The van der Waals surface area contributed by atoms with Crippen molar-refractivity contribution in [3.63, 3.8) is 0 Å². The number of carbonyl (C=O) groups excluding carboxylic acids is 3. The summed E-state index contributed by atoms with van der Waals surface area (Å²) >= 11 is 0. The molecule has 0 N–H and O–H groups in total. The Kier molecular flexibility index (Phi) is 33.1. The second-order valence-electron chi connectivity index (χ2n) is 14.4. The van der Waals surface area contributed by atoms with Crippen LogP contribution in [0.3, 0.4) is 0 Å². The minimum Gasteiger partial charge on any atom is -0.462 e. The van der Waals surface area contributed by atoms with E-state index in [2.05, 4.69) is 34.6 Å². The molecule has 6 heteroatoms. The number of esters is 3. The first-order chi connectivity index (χ1) is 22.8. The summed E-state index contributed by atoms with van der Waals surface area (Å²) < 4.78 is 16.6. The normalized spacial score (nSPS) is 13.2. The summed E-state index contributed by atoms with van der Waals surface area (Å²) in [5.74, 6) is 0.751. The summed E-state index contributed by atoms with van der Waals surface area (Å²) in [6.07, 6.45) is 29.5. The van der Waals surface area contributed by atoms with Crippen molar-refractivity contribution in [1.29, 1.82) is 0 Å². The summed E-state index contributed by atoms with van der Waals surface area (Å²) in [6, 6.07) is 0. The number of ether oxygens (including phenoxy) is 3. The van der Waals surface area contributed by atoms with Crippen LogP contribution in [0.15, 0.2) is 0 Å². The van der Waals surface area contributed by atoms with E-state index in [9.17, 15) is 14.4 Å². The van der Waals surface area contributed by atoms with Gasteiger partial charge < -0.3 is 14.2 Å². The molecule has 278 valence electrons. The molecule has 0 fully saturated rings. The van der Waals surface area contributed by atoms with Gasteiger partial charge in [0.1, 0.15) is 13.2 Å². The lowest BCUT2D eigenvalue weighted by Crippen LogP contribution is -2.30. The van der Waals surface area contributed by atoms with Gasteiger partial charge in [-0.25, -0.2) is 0 Å². The minimum absolute atomic E-state index is 0.0673. The van der Waals surface area contributed by atoms with Crippen molar-refractivity contribution in [3.05, 3.63) is 0 Å². The highest BCUT2D eigenvalue weighted by molar-refractivity contribution is 5.71. The van der Waals surface area contributed by atoms with Gasteiger partial charge in [0.2, 0.25) is 0 Å². The van der Waals surface area contributed by atoms with Crippen molar-refractivity contribution in [2.45, 2.75) is 221 Å². The SMILES string of the molecule is CCCCCCCCCCCC(=O)OC[C@@H](COC(=O)CCCCCCCCC(C)CC)OC(=O)CCCCCCCCC(C)CC. The summed E-state index contributed by atoms with van der Waals surface area (Å²) in [7, 11) is 0. The Morgan fingerprint density at radius 3 is 1.11 bits per heavy atom. The van der Waals surface area contributed by atoms with Gasteiger partial charge in [-0.3, -0.25) is 14.4 Å². The van der Waals surface area contributed by atoms with E-state index in [4.69, 9.17) is 14.2 Å². The molecular weight excluding hydrogens is 588 g/mol. The van der Waals surface area contributed by atoms with Crippen LogP contribution in [-0.4, -0.2) is 37.2 Å². The Morgan fingerprint density at radius 2 is 0.745 bits per heavy atom. The first kappa shape index (κ1) is 45.4. The Morgan fingerprint density at radius 1 is 0.426 bits per heavy atom. The summed E-state index contributed by atoms with van der Waals surface area (Å²) in [4.78, 5) is 37.4. The Balaban J connectivity index is 4.39. The lowest BCUT2D eigenvalue weighted by molar-refractivity contribution is -0.167. The van der Waals surface area contributed by atoms with Gasteiger partial charge in [0.15, 0.2) is 6.10 Å². The average Bonchev–Trinajstić information content (AvgIpc) is 3.07. The Labute approximate surface area is 291 Å². The number of hydrogen-bond donors (Lipinski definition) is 0. The topological polar surface area (TPSA) is 78.9 Å². The average molecular weight is 667 g/mol. The fourth-order valence-electron chi connectivity index (χ4n) is 5.80. The van der Waals surface area contributed by atoms with E-state index in [0.717, 1.165) is 69.6 Å². The zero-order chi connectivity index (χ0) is 34.8. The van der Waals surface area contributed by atoms with Crippen LogP contribution in [0.4, 0.5) is 0 Å². The largest absolute Gasteiger partial charge is 0.462 e. The molecule has 6 nitrogen and oxygen atoms in total. The van der Waals surface area contributed by atoms with Gasteiger partial charge in [-0.1, -0.05) is 176 Å². The van der Waals surface area contributed by atoms with E-state index in [0.29, 0.717) is 19.3 Å². The lowest BCUT2D eigenvalue weighted by Gasteiger charge is -2.18. The van der Waals surface area contributed by atoms with E-state index in [-0.39, 0.29) is 31.1 Å². The maximum atomic E-state index is 12.6. The molecule has 0 aliphatic rings. The van der Waals surface area contributed by atoms with Crippen LogP contribution in [0.2, 0.25) is 0 Å². The molecule has 0 aromatic rings. The lowest BCUT2D eigenvalue weighted by atomic mass is 10.00. The third-order valence-electron chi connectivity index (χ3n) is 9.69. The van der Waals surface area contributed by atoms with Crippen LogP contribution in [-0.2, 0) is 28.6 Å². The van der Waals surface area contributed by atoms with Gasteiger partial charge in [-0.05, 0) is 31.1 Å². The van der Waals surface area contributed by atoms with Crippen molar-refractivity contribution in [2.24, 2.45) is 11.8 Å². The first-order valence-corrected chi connectivity index (χ1v) is 20.3. The number of hydrogen-bond acceptors (Lipinski definition) is 6. The molecular formula is C41H78O6. The van der Waals surface area contributed by atoms with E-state index in [1.54, 1.807) is 0 Å². The van der Waals surface area contributed by atoms with Gasteiger partial charge in [0.05, 0.1) is 0 Å². The van der Waals surface area contributed by atoms with E-state index < -0.39 is 6.10 Å². The molecule has 2 unspecified atom stereocenters. The molecule has 0 saturated carbocycles. The van der Waals surface area contributed by atoms with E-state index >= 15 is 0 Å². The van der Waals surface area contributed by atoms with Crippen molar-refractivity contribution < 1.29 is 28.6 Å². The van der Waals surface area contributed by atoms with Gasteiger partial charge in [-0.2, -0.15) is 0 Å². The predicted octanol–water partition coefficient (Wildman–Crippen LogP) is 12.2. The fourth-order valence-corrected chi connectivity index (χ4v) is 5.80. The maximum Gasteiger partial charge on any atom is 0.306 e. The Hall–Kier alpha value is -1.59. The third kappa shape index (κ3) is 32.7. The second-order valence-corrected chi connectivity index (χ2v) is 14.4. The monoisotopic (exact) mass is 667 g/mol. The molecule has 0 aromatic carbocycles. The van der Waals surface area contributed by atoms with Gasteiger partial charge in [0, 0.05) is 19.3 Å². The van der Waals surface area contributed by atoms with Crippen LogP contribution in [0.5, 0.6) is 0 Å². The highest BCUT2D eigenvalue weighted by atomic mass is 16.6. The van der Waals surface area contributed by atoms with E-state index in [1.807, 2.05) is 0 Å². The molecule has 0 aromatic heterocycles. The Bertz CT molecular complexity index is 723. The van der Waals surface area contributed by atoms with Crippen LogP contribution >= 0.6 is 0 Å². The molecule has 0 bridgehead atoms. The second kappa shape index (κ2) is 34.3. The highest BCUT2D eigenvalue weighted by Gasteiger charge is 2.19. The maximum absolute atomic E-state index is 12.6. The smallest absolute Gasteiger partial charge is 0.306 e. The molecule has 0 saturated heterocycles. The molecule has 0 rings (SSSR count). The van der Waals surface area contributed by atoms with Gasteiger partial charge >= 0.3 is 17.9 Å². The quantitative estimate of drug-likeness (QED) is 0.0380. The van der Waals surface area contributed by atoms with Crippen molar-refractivity contribution in [3.8, 4) is 0 Å². The highest BCUT2D eigenvalue weighted by Crippen LogP contribution is 2.17. The van der Waals surface area contributed by atoms with Crippen molar-refractivity contribution >= 4 is 17.9 Å². The molecule has 47 heavy (non-hydrogen) atoms. The molecule has 3 atom stereocenters. The number of unbranched alkanes of at least 4 members (excludes halogenated alkanes) is 18. The summed E-state index contributed by atoms with van der Waals surface area (Å²) in [5, 5.41) is 0. The zero-order valence-electron chi connectivity index (χ0n) is 31.9. The molecule has 0 spiro atoms. The van der Waals surface area contributed by atoms with Gasteiger partial charge in [-0.15, -0.1) is 0 Å². The van der Waals surface area contributed by atoms with Gasteiger partial charge in [0.25, 0.3) is 0 Å². The minimum atomic E-state index is -0.760. The third-order valence-corrected chi connectivity index (χ3v) is 9.69. The summed E-state index contributed by atoms with van der Waals surface area (Å²) in [5.41, 5.74) is 0. The zero-order valence-corrected chi connectivity index (χ0v) is 31.9. The number of rotatable bonds is 35. The van der Waals surface area contributed by atoms with Crippen molar-refractivity contribution in [1.82, 2.24) is 0 Å². The molecule has 0 aliphatic carbocycles. The van der Waals surface area contributed by atoms with Crippen LogP contribution in [0.1, 0.15) is 214 Å². The first-order valence-electron chi connectivity index (χ1n) is 20.3. The molecule has 0 radical (unpaired) electrons. The molecule has 0 aliphatic heterocycles. The molecule has 0 heterocycles. The van der Waals surface area contributed by atoms with Crippen molar-refractivity contribution in [2.75, 3.05) is 13.2 Å². The summed E-state index contributed by atoms with van der Waals surface area (Å²) in [6.45, 7) is 11.2. The standard InChI is InChI=1S/C41H78O6/c1-6-9-10-11-12-13-14-21-26-31-39(42)45-34-38(47-41(44)33-28-23-18-16-20-25-30-37(5)8-3)35-46-40(43)32-27-22-17-15-19-24-29-36(4)7-2/h36-38H,6-35H2,1-5H3/t36?,37?,38-/m0/s1. The van der Waals surface area contributed by atoms with Crippen LogP contribution in [0.25, 0.3) is 0 Å². The van der Waals surface area contributed by atoms with Crippen LogP contribution in [0, 0.1) is 11.8 Å². The van der Waals surface area contributed by atoms with E-state index in [1.165, 1.54) is 103 Å². The van der Waals surface area contributed by atoms with Crippen LogP contribution < -0.4 is 0 Å². The number of carbonyl (C=O) groups is 3.